The summed E-state index contributed by atoms with van der Waals surface area (Å²) >= 11 is 0. The van der Waals surface area contributed by atoms with Crippen LogP contribution in [0.3, 0.4) is 0 Å². The predicted octanol–water partition coefficient (Wildman–Crippen LogP) is -4.95. The number of hydrogen-bond donors (Lipinski definition) is 0. The Bertz CT molecular complexity index is 48.9. The van der Waals surface area contributed by atoms with Crippen LogP contribution in [0, 0.1) is 12.3 Å². The van der Waals surface area contributed by atoms with Crippen molar-refractivity contribution in [1.82, 2.24) is 0 Å². The van der Waals surface area contributed by atoms with Gasteiger partial charge < -0.3 is 34.0 Å². The number of halogens is 2. The number of hydrogen-bond acceptors (Lipinski definition) is 0. The first-order valence-corrected chi connectivity index (χ1v) is 1.85. The van der Waals surface area contributed by atoms with E-state index in [1.807, 2.05) is 0 Å². The van der Waals surface area contributed by atoms with Gasteiger partial charge in [0.05, 0.1) is 0 Å². The van der Waals surface area contributed by atoms with Crippen LogP contribution in [0.1, 0.15) is 19.8 Å². The van der Waals surface area contributed by atoms with E-state index in [4.69, 9.17) is 6.42 Å². The van der Waals surface area contributed by atoms with E-state index in [0.29, 0.717) is 0 Å². The minimum Gasteiger partial charge on any atom is -1.00 e. The summed E-state index contributed by atoms with van der Waals surface area (Å²) in [5.74, 6) is 2.52. The average molecular weight is 252 g/mol. The molecule has 3 heteroatoms. The first-order valence-electron chi connectivity index (χ1n) is 1.85. The van der Waals surface area contributed by atoms with Crippen LogP contribution in [-0.2, 0) is 0 Å². The van der Waals surface area contributed by atoms with Gasteiger partial charge in [0.25, 0.3) is 0 Å². The third-order valence-corrected chi connectivity index (χ3v) is 0.394. The zero-order valence-corrected chi connectivity index (χ0v) is 9.54. The molecule has 0 aliphatic heterocycles. The molecule has 0 N–H and O–H groups in total. The second-order valence-corrected chi connectivity index (χ2v) is 0.954. The van der Waals surface area contributed by atoms with Gasteiger partial charge in [0, 0.05) is 6.42 Å². The predicted molar refractivity (Wildman–Crippen MR) is 29.5 cm³/mol. The molecule has 0 rings (SSSR count). The van der Waals surface area contributed by atoms with Gasteiger partial charge in [0.15, 0.2) is 0 Å². The molecule has 0 aromatic heterocycles. The maximum atomic E-state index is 4.89. The average Bonchev–Trinajstić information content (AvgIpc) is 1.41. The molecule has 0 fully saturated rings. The van der Waals surface area contributed by atoms with E-state index < -0.39 is 0 Å². The molecule has 0 aliphatic carbocycles. The maximum absolute atomic E-state index is 4.89. The standard InChI is InChI=1S/C5H8.2BrH.Mg/c1-3-5-4-2;;;/h1H,4-5H2,2H3;2*1H;/q;;;+2/p-2. The summed E-state index contributed by atoms with van der Waals surface area (Å²) < 4.78 is 0. The summed E-state index contributed by atoms with van der Waals surface area (Å²) in [7, 11) is 0. The molecular weight excluding hydrogens is 244 g/mol. The molecule has 0 aliphatic rings. The Kier molecular flexibility index (Phi) is 68.3. The molecule has 0 saturated carbocycles. The first kappa shape index (κ1) is 22.8. The van der Waals surface area contributed by atoms with E-state index in [0.717, 1.165) is 12.8 Å². The van der Waals surface area contributed by atoms with E-state index in [1.54, 1.807) is 0 Å². The van der Waals surface area contributed by atoms with E-state index >= 15 is 0 Å². The van der Waals surface area contributed by atoms with Gasteiger partial charge in [0.2, 0.25) is 0 Å². The summed E-state index contributed by atoms with van der Waals surface area (Å²) in [5, 5.41) is 0. The largest absolute Gasteiger partial charge is 2.00 e. The SMILES string of the molecule is C#CCCC.[Br-].[Br-].[Mg+2]. The van der Waals surface area contributed by atoms with Crippen LogP contribution in [0.25, 0.3) is 0 Å². The maximum Gasteiger partial charge on any atom is 2.00 e. The van der Waals surface area contributed by atoms with Crippen LogP contribution >= 0.6 is 0 Å². The van der Waals surface area contributed by atoms with E-state index in [2.05, 4.69) is 12.8 Å². The van der Waals surface area contributed by atoms with Gasteiger partial charge >= 0.3 is 23.1 Å². The number of terminal acetylenes is 1. The fraction of sp³-hybridized carbons (Fsp3) is 0.600. The molecule has 0 unspecified atom stereocenters. The molecule has 0 atom stereocenters. The molecule has 0 spiro atoms. The Balaban J connectivity index is -0.0000000267. The van der Waals surface area contributed by atoms with Crippen molar-refractivity contribution in [3.63, 3.8) is 0 Å². The summed E-state index contributed by atoms with van der Waals surface area (Å²) in [6, 6.07) is 0. The monoisotopic (exact) mass is 250 g/mol. The van der Waals surface area contributed by atoms with Gasteiger partial charge in [-0.25, -0.2) is 0 Å². The third kappa shape index (κ3) is 26.7. The van der Waals surface area contributed by atoms with Gasteiger partial charge in [-0.1, -0.05) is 6.92 Å². The molecule has 0 radical (unpaired) electrons. The number of unbranched alkanes of at least 4 members (excludes halogenated alkanes) is 1. The summed E-state index contributed by atoms with van der Waals surface area (Å²) in [5.41, 5.74) is 0. The molecular formula is C5H8Br2Mg. The number of rotatable bonds is 1. The van der Waals surface area contributed by atoms with Crippen LogP contribution in [0.15, 0.2) is 0 Å². The fourth-order valence-corrected chi connectivity index (χ4v) is 0.144. The molecule has 0 amide bonds. The van der Waals surface area contributed by atoms with Crippen LogP contribution in [-0.4, -0.2) is 23.1 Å². The third-order valence-electron chi connectivity index (χ3n) is 0.394. The van der Waals surface area contributed by atoms with Crippen molar-refractivity contribution in [2.75, 3.05) is 0 Å². The van der Waals surface area contributed by atoms with Crippen molar-refractivity contribution in [3.05, 3.63) is 0 Å². The molecule has 0 aromatic rings. The fourth-order valence-electron chi connectivity index (χ4n) is 0.144. The van der Waals surface area contributed by atoms with E-state index in [-0.39, 0.29) is 57.0 Å². The molecule has 44 valence electrons. The Labute approximate surface area is 88.5 Å². The molecule has 0 saturated heterocycles. The zero-order valence-electron chi connectivity index (χ0n) is 4.95. The van der Waals surface area contributed by atoms with Crippen LogP contribution < -0.4 is 34.0 Å². The first-order chi connectivity index (χ1) is 2.41. The molecule has 0 heterocycles. The summed E-state index contributed by atoms with van der Waals surface area (Å²) in [4.78, 5) is 0. The second kappa shape index (κ2) is 23.9. The minimum atomic E-state index is 0. The van der Waals surface area contributed by atoms with E-state index in [1.165, 1.54) is 0 Å². The summed E-state index contributed by atoms with van der Waals surface area (Å²) in [6.45, 7) is 2.07. The molecule has 8 heavy (non-hydrogen) atoms. The van der Waals surface area contributed by atoms with Gasteiger partial charge in [-0.15, -0.1) is 12.3 Å². The van der Waals surface area contributed by atoms with Crippen LogP contribution in [0.2, 0.25) is 0 Å². The molecule has 0 bridgehead atoms. The second-order valence-electron chi connectivity index (χ2n) is 0.954. The van der Waals surface area contributed by atoms with Crippen molar-refractivity contribution in [3.8, 4) is 12.3 Å². The smallest absolute Gasteiger partial charge is 1.00 e. The Hall–Kier alpha value is 1.29. The van der Waals surface area contributed by atoms with Crippen molar-refractivity contribution in [1.29, 1.82) is 0 Å². The normalized spacial score (nSPS) is 4.00. The quantitative estimate of drug-likeness (QED) is 0.324. The topological polar surface area (TPSA) is 0 Å². The minimum absolute atomic E-state index is 0. The van der Waals surface area contributed by atoms with Gasteiger partial charge in [-0.3, -0.25) is 0 Å². The Morgan fingerprint density at radius 1 is 1.38 bits per heavy atom. The van der Waals surface area contributed by atoms with Gasteiger partial charge in [-0.2, -0.15) is 0 Å². The Morgan fingerprint density at radius 3 is 1.75 bits per heavy atom. The zero-order chi connectivity index (χ0) is 4.12. The van der Waals surface area contributed by atoms with Gasteiger partial charge in [0.1, 0.15) is 0 Å². The summed E-state index contributed by atoms with van der Waals surface area (Å²) in [6.07, 6.45) is 6.91. The van der Waals surface area contributed by atoms with Crippen LogP contribution in [0.4, 0.5) is 0 Å². The van der Waals surface area contributed by atoms with Crippen molar-refractivity contribution in [2.24, 2.45) is 0 Å². The van der Waals surface area contributed by atoms with Crippen molar-refractivity contribution < 1.29 is 34.0 Å². The van der Waals surface area contributed by atoms with Crippen LogP contribution in [0.5, 0.6) is 0 Å². The van der Waals surface area contributed by atoms with Crippen molar-refractivity contribution >= 4 is 23.1 Å². The molecule has 0 aromatic carbocycles. The van der Waals surface area contributed by atoms with E-state index in [9.17, 15) is 0 Å². The Morgan fingerprint density at radius 2 is 1.75 bits per heavy atom. The van der Waals surface area contributed by atoms with Crippen molar-refractivity contribution in [2.45, 2.75) is 19.8 Å². The van der Waals surface area contributed by atoms with Gasteiger partial charge in [-0.05, 0) is 6.42 Å². The molecule has 0 nitrogen and oxygen atoms in total.